The molecule has 0 heterocycles. The number of anilines is 1. The summed E-state index contributed by atoms with van der Waals surface area (Å²) in [6.07, 6.45) is 0.206. The molecule has 1 atom stereocenters. The fourth-order valence-corrected chi connectivity index (χ4v) is 2.36. The molecule has 0 unspecified atom stereocenters. The molecule has 0 saturated heterocycles. The monoisotopic (exact) mass is 330 g/mol. The number of nitrogens with one attached hydrogen (secondary N) is 2. The molecule has 5 heteroatoms. The Balaban J connectivity index is 2.11. The van der Waals surface area contributed by atoms with E-state index in [-0.39, 0.29) is 30.2 Å². The highest BCUT2D eigenvalue weighted by atomic mass is 35.5. The third-order valence-electron chi connectivity index (χ3n) is 3.41. The number of alkyl halides is 1. The molecule has 0 aromatic heterocycles. The average Bonchev–Trinajstić information content (AvgIpc) is 2.56. The highest BCUT2D eigenvalue weighted by Gasteiger charge is 2.15. The van der Waals surface area contributed by atoms with Gasteiger partial charge < -0.3 is 10.6 Å². The van der Waals surface area contributed by atoms with Crippen LogP contribution in [0, 0.1) is 0 Å². The molecule has 2 aromatic rings. The predicted octanol–water partition coefficient (Wildman–Crippen LogP) is 3.75. The van der Waals surface area contributed by atoms with Crippen LogP contribution in [0.3, 0.4) is 0 Å². The first kappa shape index (κ1) is 17.0. The molecular formula is C18H19ClN2O2. The van der Waals surface area contributed by atoms with E-state index < -0.39 is 0 Å². The quantitative estimate of drug-likeness (QED) is 0.793. The normalized spacial score (nSPS) is 11.6. The lowest BCUT2D eigenvalue weighted by Gasteiger charge is -2.16. The largest absolute Gasteiger partial charge is 0.345 e. The summed E-state index contributed by atoms with van der Waals surface area (Å²) in [5.41, 5.74) is 1.93. The Morgan fingerprint density at radius 2 is 1.70 bits per heavy atom. The van der Waals surface area contributed by atoms with Crippen LogP contribution in [0.1, 0.15) is 35.3 Å². The van der Waals surface area contributed by atoms with E-state index in [9.17, 15) is 9.59 Å². The zero-order valence-corrected chi connectivity index (χ0v) is 13.6. The molecule has 0 fully saturated rings. The van der Waals surface area contributed by atoms with Crippen LogP contribution >= 0.6 is 11.6 Å². The maximum absolute atomic E-state index is 12.5. The van der Waals surface area contributed by atoms with Gasteiger partial charge >= 0.3 is 0 Å². The second kappa shape index (κ2) is 8.34. The topological polar surface area (TPSA) is 58.2 Å². The fraction of sp³-hybridized carbons (Fsp3) is 0.222. The Bertz CT molecular complexity index is 674. The first-order valence-electron chi connectivity index (χ1n) is 7.42. The van der Waals surface area contributed by atoms with Gasteiger partial charge in [-0.25, -0.2) is 0 Å². The predicted molar refractivity (Wildman–Crippen MR) is 92.7 cm³/mol. The number of amides is 2. The van der Waals surface area contributed by atoms with Gasteiger partial charge in [0.2, 0.25) is 5.91 Å². The summed E-state index contributed by atoms with van der Waals surface area (Å²) in [5.74, 6) is -0.204. The minimum atomic E-state index is -0.233. The molecule has 2 amide bonds. The third-order valence-corrected chi connectivity index (χ3v) is 3.60. The van der Waals surface area contributed by atoms with Crippen LogP contribution in [0.15, 0.2) is 54.6 Å². The number of hydrogen-bond acceptors (Lipinski definition) is 2. The standard InChI is InChI=1S/C18H19ClN2O2/c1-13(14-7-3-2-4-8-14)20-18(23)15-9-5-6-10-16(15)21-17(22)11-12-19/h2-10,13H,11-12H2,1H3,(H,20,23)(H,21,22)/t13-/m0/s1. The van der Waals surface area contributed by atoms with E-state index in [0.717, 1.165) is 5.56 Å². The van der Waals surface area contributed by atoms with Gasteiger partial charge in [0, 0.05) is 12.3 Å². The molecule has 2 rings (SSSR count). The van der Waals surface area contributed by atoms with Crippen LogP contribution in [-0.4, -0.2) is 17.7 Å². The molecular weight excluding hydrogens is 312 g/mol. The maximum Gasteiger partial charge on any atom is 0.253 e. The summed E-state index contributed by atoms with van der Waals surface area (Å²) in [4.78, 5) is 24.2. The second-order valence-corrected chi connectivity index (χ2v) is 5.52. The van der Waals surface area contributed by atoms with Crippen LogP contribution in [0.2, 0.25) is 0 Å². The van der Waals surface area contributed by atoms with Crippen molar-refractivity contribution in [1.29, 1.82) is 0 Å². The van der Waals surface area contributed by atoms with Crippen LogP contribution in [0.5, 0.6) is 0 Å². The van der Waals surface area contributed by atoms with E-state index in [0.29, 0.717) is 11.3 Å². The van der Waals surface area contributed by atoms with Gasteiger partial charge in [0.25, 0.3) is 5.91 Å². The van der Waals surface area contributed by atoms with Gasteiger partial charge in [-0.15, -0.1) is 11.6 Å². The number of rotatable bonds is 6. The molecule has 0 radical (unpaired) electrons. The summed E-state index contributed by atoms with van der Waals surface area (Å²) >= 11 is 5.56. The lowest BCUT2D eigenvalue weighted by Crippen LogP contribution is -2.28. The minimum Gasteiger partial charge on any atom is -0.345 e. The molecule has 2 aromatic carbocycles. The molecule has 0 aliphatic heterocycles. The van der Waals surface area contributed by atoms with Gasteiger partial charge in [-0.05, 0) is 24.6 Å². The highest BCUT2D eigenvalue weighted by molar-refractivity contribution is 6.19. The van der Waals surface area contributed by atoms with Gasteiger partial charge in [0.15, 0.2) is 0 Å². The van der Waals surface area contributed by atoms with Crippen molar-refractivity contribution in [3.8, 4) is 0 Å². The fourth-order valence-electron chi connectivity index (χ4n) is 2.19. The van der Waals surface area contributed by atoms with E-state index >= 15 is 0 Å². The van der Waals surface area contributed by atoms with E-state index in [1.54, 1.807) is 24.3 Å². The number of halogens is 1. The Morgan fingerprint density at radius 3 is 2.39 bits per heavy atom. The third kappa shape index (κ3) is 4.83. The Hall–Kier alpha value is -2.33. The van der Waals surface area contributed by atoms with Crippen molar-refractivity contribution in [3.05, 3.63) is 65.7 Å². The van der Waals surface area contributed by atoms with Crippen molar-refractivity contribution in [2.24, 2.45) is 0 Å². The highest BCUT2D eigenvalue weighted by Crippen LogP contribution is 2.18. The number of carbonyl (C=O) groups is 2. The summed E-state index contributed by atoms with van der Waals surface area (Å²) in [7, 11) is 0. The minimum absolute atomic E-state index is 0.129. The molecule has 2 N–H and O–H groups in total. The Morgan fingerprint density at radius 1 is 1.04 bits per heavy atom. The molecule has 4 nitrogen and oxygen atoms in total. The van der Waals surface area contributed by atoms with E-state index in [2.05, 4.69) is 10.6 Å². The van der Waals surface area contributed by atoms with Crippen molar-refractivity contribution in [2.75, 3.05) is 11.2 Å². The van der Waals surface area contributed by atoms with Crippen LogP contribution < -0.4 is 10.6 Å². The molecule has 0 aliphatic carbocycles. The maximum atomic E-state index is 12.5. The Kier molecular flexibility index (Phi) is 6.18. The second-order valence-electron chi connectivity index (χ2n) is 5.14. The van der Waals surface area contributed by atoms with E-state index in [1.807, 2.05) is 37.3 Å². The van der Waals surface area contributed by atoms with Gasteiger partial charge in [-0.2, -0.15) is 0 Å². The van der Waals surface area contributed by atoms with E-state index in [1.165, 1.54) is 0 Å². The average molecular weight is 331 g/mol. The zero-order chi connectivity index (χ0) is 16.7. The SMILES string of the molecule is C[C@H](NC(=O)c1ccccc1NC(=O)CCCl)c1ccccc1. The molecule has 0 bridgehead atoms. The van der Waals surface area contributed by atoms with Gasteiger partial charge in [0.05, 0.1) is 17.3 Å². The van der Waals surface area contributed by atoms with Gasteiger partial charge in [-0.3, -0.25) is 9.59 Å². The molecule has 120 valence electrons. The molecule has 0 spiro atoms. The summed E-state index contributed by atoms with van der Waals surface area (Å²) in [6, 6.07) is 16.5. The van der Waals surface area contributed by atoms with Crippen molar-refractivity contribution >= 4 is 29.1 Å². The van der Waals surface area contributed by atoms with Crippen LogP contribution in [0.4, 0.5) is 5.69 Å². The smallest absolute Gasteiger partial charge is 0.253 e. The van der Waals surface area contributed by atoms with Crippen LogP contribution in [-0.2, 0) is 4.79 Å². The van der Waals surface area contributed by atoms with Crippen molar-refractivity contribution in [3.63, 3.8) is 0 Å². The first-order chi connectivity index (χ1) is 11.1. The van der Waals surface area contributed by atoms with Gasteiger partial charge in [0.1, 0.15) is 0 Å². The zero-order valence-electron chi connectivity index (χ0n) is 12.9. The first-order valence-corrected chi connectivity index (χ1v) is 7.96. The molecule has 0 aliphatic rings. The summed E-state index contributed by atoms with van der Waals surface area (Å²) in [6.45, 7) is 1.92. The number of para-hydroxylation sites is 1. The van der Waals surface area contributed by atoms with Crippen molar-refractivity contribution in [2.45, 2.75) is 19.4 Å². The lowest BCUT2D eigenvalue weighted by atomic mass is 10.1. The van der Waals surface area contributed by atoms with Gasteiger partial charge in [-0.1, -0.05) is 42.5 Å². The molecule has 0 saturated carbocycles. The number of carbonyl (C=O) groups excluding carboxylic acids is 2. The number of benzene rings is 2. The van der Waals surface area contributed by atoms with Crippen molar-refractivity contribution < 1.29 is 9.59 Å². The molecule has 23 heavy (non-hydrogen) atoms. The number of hydrogen-bond donors (Lipinski definition) is 2. The van der Waals surface area contributed by atoms with E-state index in [4.69, 9.17) is 11.6 Å². The lowest BCUT2D eigenvalue weighted by molar-refractivity contribution is -0.115. The van der Waals surface area contributed by atoms with Crippen LogP contribution in [0.25, 0.3) is 0 Å². The Labute approximate surface area is 140 Å². The summed E-state index contributed by atoms with van der Waals surface area (Å²) in [5, 5.41) is 5.66. The summed E-state index contributed by atoms with van der Waals surface area (Å²) < 4.78 is 0. The van der Waals surface area contributed by atoms with Crippen molar-refractivity contribution in [1.82, 2.24) is 5.32 Å².